The zero-order valence-corrected chi connectivity index (χ0v) is 29.5. The minimum atomic E-state index is -0.594. The van der Waals surface area contributed by atoms with Crippen LogP contribution < -0.4 is 9.72 Å². The lowest BCUT2D eigenvalue weighted by molar-refractivity contribution is -0.511. The highest BCUT2D eigenvalue weighted by Crippen LogP contribution is 2.35. The first-order valence-electron chi connectivity index (χ1n) is 17.7. The van der Waals surface area contributed by atoms with Gasteiger partial charge in [-0.2, -0.15) is 5.10 Å². The Labute approximate surface area is 301 Å². The molecule has 1 amide bonds. The number of carbonyl (C=O) groups excluding carboxylic acids is 1. The van der Waals surface area contributed by atoms with Gasteiger partial charge in [0.1, 0.15) is 17.1 Å². The molecule has 0 aliphatic carbocycles. The lowest BCUT2D eigenvalue weighted by Crippen LogP contribution is -2.34. The molecule has 12 heteroatoms. The summed E-state index contributed by atoms with van der Waals surface area (Å²) < 4.78 is 9.14. The van der Waals surface area contributed by atoms with Gasteiger partial charge in [0.05, 0.1) is 22.8 Å². The summed E-state index contributed by atoms with van der Waals surface area (Å²) in [6.07, 6.45) is 7.00. The molecule has 6 heterocycles. The van der Waals surface area contributed by atoms with Gasteiger partial charge in [-0.1, -0.05) is 65.3 Å². The Balaban J connectivity index is 1.01. The number of piperidine rings is 1. The number of nitrogens with one attached hydrogen (secondary N) is 2. The number of H-pyrrole nitrogens is 1. The van der Waals surface area contributed by atoms with Crippen LogP contribution in [0.15, 0.2) is 104 Å². The first-order valence-corrected chi connectivity index (χ1v) is 17.7. The number of rotatable bonds is 8. The van der Waals surface area contributed by atoms with Crippen LogP contribution in [0.2, 0.25) is 0 Å². The fourth-order valence-electron chi connectivity index (χ4n) is 6.82. The summed E-state index contributed by atoms with van der Waals surface area (Å²) in [5, 5.41) is 15.9. The molecule has 262 valence electrons. The van der Waals surface area contributed by atoms with Crippen molar-refractivity contribution in [3.63, 3.8) is 0 Å². The third-order valence-corrected chi connectivity index (χ3v) is 9.35. The third kappa shape index (κ3) is 7.10. The number of hydrogen-bond donors (Lipinski definition) is 2. The Hall–Kier alpha value is -6.01. The average Bonchev–Trinajstić information content (AvgIpc) is 3.83. The number of pyridine rings is 3. The van der Waals surface area contributed by atoms with Gasteiger partial charge in [-0.15, -0.1) is 0 Å². The maximum absolute atomic E-state index is 12.4. The summed E-state index contributed by atoms with van der Waals surface area (Å²) in [4.78, 5) is 29.3. The van der Waals surface area contributed by atoms with Crippen LogP contribution in [0.5, 0.6) is 0 Å². The highest BCUT2D eigenvalue weighted by Gasteiger charge is 2.25. The number of hydrogen-bond acceptors (Lipinski definition) is 8. The Morgan fingerprint density at radius 3 is 2.50 bits per heavy atom. The smallest absolute Gasteiger partial charge is 0.410 e. The Morgan fingerprint density at radius 2 is 1.75 bits per heavy atom. The molecule has 2 N–H and O–H groups in total. The molecule has 1 aliphatic rings. The van der Waals surface area contributed by atoms with Gasteiger partial charge in [0.2, 0.25) is 0 Å². The Morgan fingerprint density at radius 1 is 0.962 bits per heavy atom. The molecule has 1 fully saturated rings. The maximum Gasteiger partial charge on any atom is 0.410 e. The lowest BCUT2D eigenvalue weighted by atomic mass is 9.95. The SMILES string of the molecule is CC(C)(C)OC(=O)NCn1nc[n+]2ccc3nc(-c4ccc(CN5CCC(c6nc(-c7ccccn7)n[nH]6)CC5)cc4)c(-c4ccccc4)cc3c12. The molecule has 12 nitrogen and oxygen atoms in total. The van der Waals surface area contributed by atoms with Gasteiger partial charge in [-0.3, -0.25) is 20.3 Å². The predicted molar refractivity (Wildman–Crippen MR) is 198 cm³/mol. The topological polar surface area (TPSA) is 131 Å². The largest absolute Gasteiger partial charge is 0.444 e. The van der Waals surface area contributed by atoms with Crippen LogP contribution in [0, 0.1) is 0 Å². The number of nitrogens with zero attached hydrogens (tertiary/aromatic N) is 8. The number of alkyl carbamates (subject to hydrolysis) is 1. The number of carbonyl (C=O) groups is 1. The van der Waals surface area contributed by atoms with Crippen LogP contribution in [0.4, 0.5) is 4.79 Å². The number of fused-ring (bicyclic) bond motifs is 3. The van der Waals surface area contributed by atoms with E-state index in [1.54, 1.807) is 17.2 Å². The van der Waals surface area contributed by atoms with Gasteiger partial charge in [0.15, 0.2) is 12.5 Å². The zero-order valence-electron chi connectivity index (χ0n) is 29.5. The van der Waals surface area contributed by atoms with Gasteiger partial charge in [-0.25, -0.2) is 19.2 Å². The van der Waals surface area contributed by atoms with Gasteiger partial charge < -0.3 is 4.74 Å². The number of aromatic nitrogens is 8. The molecule has 0 spiro atoms. The quantitative estimate of drug-likeness (QED) is 0.172. The number of amides is 1. The van der Waals surface area contributed by atoms with Gasteiger partial charge in [0, 0.05) is 34.9 Å². The molecule has 0 atom stereocenters. The predicted octanol–water partition coefficient (Wildman–Crippen LogP) is 6.55. The molecule has 0 unspecified atom stereocenters. The maximum atomic E-state index is 12.4. The van der Waals surface area contributed by atoms with E-state index in [-0.39, 0.29) is 6.67 Å². The standard InChI is InChI=1S/C40H40N10O2/c1-40(2,3)52-39(51)42-25-50-38-32-23-31(28-9-5-4-6-10-28)35(44-33(32)18-22-49(38)26-43-50)29-14-12-27(13-15-29)24-48-20-16-30(17-21-48)36-45-37(47-46-36)34-11-7-8-19-41-34/h4-15,18-19,22-23,26,30H,16-17,20-21,24-25H2,1-3H3,(H-,41,42,45,46,47,51)/p+1. The van der Waals surface area contributed by atoms with Gasteiger partial charge in [-0.05, 0) is 82.1 Å². The van der Waals surface area contributed by atoms with Crippen LogP contribution in [0.1, 0.15) is 50.9 Å². The van der Waals surface area contributed by atoms with Crippen LogP contribution in [-0.2, 0) is 18.0 Å². The molecular formula is C40H41N10O2+. The van der Waals surface area contributed by atoms with Crippen molar-refractivity contribution < 1.29 is 13.9 Å². The summed E-state index contributed by atoms with van der Waals surface area (Å²) >= 11 is 0. The van der Waals surface area contributed by atoms with E-state index in [1.165, 1.54) is 5.56 Å². The third-order valence-electron chi connectivity index (χ3n) is 9.35. The van der Waals surface area contributed by atoms with E-state index in [1.807, 2.05) is 73.8 Å². The van der Waals surface area contributed by atoms with E-state index in [0.717, 1.165) is 82.9 Å². The highest BCUT2D eigenvalue weighted by atomic mass is 16.6. The first kappa shape index (κ1) is 33.2. The first-order chi connectivity index (χ1) is 25.3. The van der Waals surface area contributed by atoms with Crippen molar-refractivity contribution in [3.8, 4) is 33.9 Å². The molecule has 0 saturated carbocycles. The fraction of sp³-hybridized carbons (Fsp3) is 0.275. The second kappa shape index (κ2) is 14.0. The summed E-state index contributed by atoms with van der Waals surface area (Å²) in [7, 11) is 0. The minimum absolute atomic E-state index is 0.152. The molecule has 0 radical (unpaired) electrons. The van der Waals surface area contributed by atoms with Crippen molar-refractivity contribution >= 4 is 22.6 Å². The summed E-state index contributed by atoms with van der Waals surface area (Å²) in [5.41, 5.74) is 7.15. The second-order valence-corrected chi connectivity index (χ2v) is 14.2. The summed E-state index contributed by atoms with van der Waals surface area (Å²) in [5.74, 6) is 1.96. The Kier molecular flexibility index (Phi) is 8.90. The lowest BCUT2D eigenvalue weighted by Gasteiger charge is -2.31. The molecule has 2 aromatic carbocycles. The van der Waals surface area contributed by atoms with Crippen LogP contribution >= 0.6 is 0 Å². The van der Waals surface area contributed by atoms with Crippen molar-refractivity contribution in [1.29, 1.82) is 0 Å². The van der Waals surface area contributed by atoms with E-state index < -0.39 is 11.7 Å². The van der Waals surface area contributed by atoms with E-state index in [4.69, 9.17) is 14.7 Å². The molecule has 8 rings (SSSR count). The molecule has 7 aromatic rings. The van der Waals surface area contributed by atoms with Crippen LogP contribution in [0.3, 0.4) is 0 Å². The monoisotopic (exact) mass is 693 g/mol. The van der Waals surface area contributed by atoms with E-state index >= 15 is 0 Å². The van der Waals surface area contributed by atoms with E-state index in [0.29, 0.717) is 11.7 Å². The fourth-order valence-corrected chi connectivity index (χ4v) is 6.82. The number of ether oxygens (including phenoxy) is 1. The molecule has 1 saturated heterocycles. The van der Waals surface area contributed by atoms with Crippen LogP contribution in [0.25, 0.3) is 50.5 Å². The van der Waals surface area contributed by atoms with Crippen molar-refractivity contribution in [3.05, 3.63) is 115 Å². The normalized spacial score (nSPS) is 14.2. The van der Waals surface area contributed by atoms with Gasteiger partial charge in [0.25, 0.3) is 12.0 Å². The molecular weight excluding hydrogens is 653 g/mol. The molecule has 0 bridgehead atoms. The van der Waals surface area contributed by atoms with Crippen molar-refractivity contribution in [2.75, 3.05) is 13.1 Å². The summed E-state index contributed by atoms with van der Waals surface area (Å²) in [6, 6.07) is 29.1. The number of aromatic amines is 1. The molecule has 1 aliphatic heterocycles. The zero-order chi connectivity index (χ0) is 35.7. The Bertz CT molecular complexity index is 2320. The number of likely N-dealkylation sites (tertiary alicyclic amines) is 1. The summed E-state index contributed by atoms with van der Waals surface area (Å²) in [6.45, 7) is 8.54. The average molecular weight is 694 g/mol. The second-order valence-electron chi connectivity index (χ2n) is 14.2. The van der Waals surface area contributed by atoms with Crippen LogP contribution in [-0.4, -0.2) is 64.6 Å². The van der Waals surface area contributed by atoms with Crippen molar-refractivity contribution in [2.45, 2.75) is 58.3 Å². The van der Waals surface area contributed by atoms with Crippen molar-refractivity contribution in [1.82, 2.24) is 45.1 Å². The molecule has 5 aromatic heterocycles. The highest BCUT2D eigenvalue weighted by molar-refractivity contribution is 5.97. The van der Waals surface area contributed by atoms with E-state index in [9.17, 15) is 4.79 Å². The van der Waals surface area contributed by atoms with E-state index in [2.05, 4.69) is 73.0 Å². The minimum Gasteiger partial charge on any atom is -0.444 e. The molecule has 52 heavy (non-hydrogen) atoms. The van der Waals surface area contributed by atoms with Crippen molar-refractivity contribution in [2.24, 2.45) is 0 Å². The van der Waals surface area contributed by atoms with Gasteiger partial charge >= 0.3 is 6.09 Å². The number of benzene rings is 2.